The van der Waals surface area contributed by atoms with Crippen LogP contribution in [0.15, 0.2) is 24.3 Å². The standard InChI is InChI=1S/C17H22N2O/c1-17(11-18,19-14-9-10-14)12-20-16-8-4-6-13-5-2-3-7-15(13)16/h2-3,5,7,14,16,19H,4,6,8-10,12H2,1H3. The van der Waals surface area contributed by atoms with E-state index in [-0.39, 0.29) is 6.10 Å². The Hall–Kier alpha value is -1.37. The Morgan fingerprint density at radius 1 is 1.35 bits per heavy atom. The molecule has 0 spiro atoms. The SMILES string of the molecule is CC(C#N)(COC1CCCc2ccccc21)NC1CC1. The highest BCUT2D eigenvalue weighted by Gasteiger charge is 2.34. The smallest absolute Gasteiger partial charge is 0.127 e. The van der Waals surface area contributed by atoms with Crippen LogP contribution in [0.2, 0.25) is 0 Å². The van der Waals surface area contributed by atoms with Crippen molar-refractivity contribution in [2.75, 3.05) is 6.61 Å². The minimum absolute atomic E-state index is 0.147. The fraction of sp³-hybridized carbons (Fsp3) is 0.588. The zero-order valence-electron chi connectivity index (χ0n) is 12.1. The third-order valence-corrected chi connectivity index (χ3v) is 4.23. The van der Waals surface area contributed by atoms with Crippen LogP contribution in [0.1, 0.15) is 49.8 Å². The van der Waals surface area contributed by atoms with Gasteiger partial charge in [-0.25, -0.2) is 0 Å². The Balaban J connectivity index is 1.65. The number of rotatable bonds is 5. The third-order valence-electron chi connectivity index (χ3n) is 4.23. The quantitative estimate of drug-likeness (QED) is 0.894. The van der Waals surface area contributed by atoms with E-state index in [1.165, 1.54) is 30.4 Å². The highest BCUT2D eigenvalue weighted by Crippen LogP contribution is 2.33. The maximum absolute atomic E-state index is 9.39. The summed E-state index contributed by atoms with van der Waals surface area (Å²) in [5.74, 6) is 0. The Morgan fingerprint density at radius 2 is 2.15 bits per heavy atom. The van der Waals surface area contributed by atoms with Crippen LogP contribution in [0, 0.1) is 11.3 Å². The minimum Gasteiger partial charge on any atom is -0.370 e. The third kappa shape index (κ3) is 3.03. The summed E-state index contributed by atoms with van der Waals surface area (Å²) in [6.07, 6.45) is 5.88. The van der Waals surface area contributed by atoms with Gasteiger partial charge in [0, 0.05) is 6.04 Å². The molecule has 1 aromatic rings. The predicted octanol–water partition coefficient (Wildman–Crippen LogP) is 3.11. The monoisotopic (exact) mass is 270 g/mol. The maximum atomic E-state index is 9.39. The second kappa shape index (κ2) is 5.55. The Bertz CT molecular complexity index is 518. The first-order valence-corrected chi connectivity index (χ1v) is 7.58. The number of hydrogen-bond donors (Lipinski definition) is 1. The topological polar surface area (TPSA) is 45.0 Å². The zero-order chi connectivity index (χ0) is 14.0. The lowest BCUT2D eigenvalue weighted by atomic mass is 9.89. The van der Waals surface area contributed by atoms with Gasteiger partial charge in [0.25, 0.3) is 0 Å². The summed E-state index contributed by atoms with van der Waals surface area (Å²) in [6, 6.07) is 11.4. The zero-order valence-corrected chi connectivity index (χ0v) is 12.1. The summed E-state index contributed by atoms with van der Waals surface area (Å²) in [5.41, 5.74) is 2.15. The summed E-state index contributed by atoms with van der Waals surface area (Å²) in [5, 5.41) is 12.8. The van der Waals surface area contributed by atoms with Gasteiger partial charge in [-0.1, -0.05) is 24.3 Å². The van der Waals surface area contributed by atoms with Gasteiger partial charge in [0.15, 0.2) is 0 Å². The van der Waals surface area contributed by atoms with Crippen molar-refractivity contribution in [1.29, 1.82) is 5.26 Å². The number of hydrogen-bond acceptors (Lipinski definition) is 3. The lowest BCUT2D eigenvalue weighted by Gasteiger charge is -2.30. The molecule has 0 saturated heterocycles. The van der Waals surface area contributed by atoms with Gasteiger partial charge in [-0.2, -0.15) is 5.26 Å². The molecule has 2 aliphatic rings. The first-order valence-electron chi connectivity index (χ1n) is 7.58. The molecule has 1 fully saturated rings. The average molecular weight is 270 g/mol. The van der Waals surface area contributed by atoms with Crippen LogP contribution in [0.25, 0.3) is 0 Å². The fourth-order valence-corrected chi connectivity index (χ4v) is 2.93. The summed E-state index contributed by atoms with van der Waals surface area (Å²) in [4.78, 5) is 0. The van der Waals surface area contributed by atoms with Crippen molar-refractivity contribution in [2.45, 2.75) is 56.7 Å². The Labute approximate surface area is 120 Å². The van der Waals surface area contributed by atoms with E-state index in [0.29, 0.717) is 12.6 Å². The normalized spacial score (nSPS) is 24.5. The van der Waals surface area contributed by atoms with E-state index in [0.717, 1.165) is 12.8 Å². The molecule has 0 aliphatic heterocycles. The van der Waals surface area contributed by atoms with Crippen molar-refractivity contribution in [2.24, 2.45) is 0 Å². The number of nitriles is 1. The largest absolute Gasteiger partial charge is 0.370 e. The molecule has 3 heteroatoms. The van der Waals surface area contributed by atoms with Crippen LogP contribution in [0.5, 0.6) is 0 Å². The van der Waals surface area contributed by atoms with Crippen molar-refractivity contribution in [3.05, 3.63) is 35.4 Å². The minimum atomic E-state index is -0.562. The second-order valence-corrected chi connectivity index (χ2v) is 6.25. The van der Waals surface area contributed by atoms with Gasteiger partial charge in [-0.3, -0.25) is 5.32 Å². The number of benzene rings is 1. The molecule has 2 atom stereocenters. The van der Waals surface area contributed by atoms with Gasteiger partial charge in [0.1, 0.15) is 5.54 Å². The summed E-state index contributed by atoms with van der Waals surface area (Å²) in [6.45, 7) is 2.40. The van der Waals surface area contributed by atoms with Gasteiger partial charge in [-0.05, 0) is 50.2 Å². The van der Waals surface area contributed by atoms with Gasteiger partial charge >= 0.3 is 0 Å². The molecule has 106 valence electrons. The molecule has 3 nitrogen and oxygen atoms in total. The van der Waals surface area contributed by atoms with Crippen LogP contribution >= 0.6 is 0 Å². The van der Waals surface area contributed by atoms with Gasteiger partial charge in [0.2, 0.25) is 0 Å². The van der Waals surface area contributed by atoms with Gasteiger partial charge in [0.05, 0.1) is 18.8 Å². The molecular weight excluding hydrogens is 248 g/mol. The van der Waals surface area contributed by atoms with Crippen molar-refractivity contribution >= 4 is 0 Å². The van der Waals surface area contributed by atoms with Crippen LogP contribution in [0.3, 0.4) is 0 Å². The molecule has 1 N–H and O–H groups in total. The van der Waals surface area contributed by atoms with E-state index in [1.807, 2.05) is 6.92 Å². The Kier molecular flexibility index (Phi) is 3.78. The number of aryl methyl sites for hydroxylation is 1. The summed E-state index contributed by atoms with van der Waals surface area (Å²) in [7, 11) is 0. The van der Waals surface area contributed by atoms with E-state index in [2.05, 4.69) is 35.7 Å². The average Bonchev–Trinajstić information content (AvgIpc) is 3.29. The number of nitrogens with zero attached hydrogens (tertiary/aromatic N) is 1. The predicted molar refractivity (Wildman–Crippen MR) is 78.2 cm³/mol. The summed E-state index contributed by atoms with van der Waals surface area (Å²) >= 11 is 0. The first-order chi connectivity index (χ1) is 9.70. The van der Waals surface area contributed by atoms with Crippen molar-refractivity contribution in [1.82, 2.24) is 5.32 Å². The highest BCUT2D eigenvalue weighted by atomic mass is 16.5. The van der Waals surface area contributed by atoms with Crippen molar-refractivity contribution in [3.63, 3.8) is 0 Å². The van der Waals surface area contributed by atoms with Crippen LogP contribution in [-0.4, -0.2) is 18.2 Å². The van der Waals surface area contributed by atoms with Crippen molar-refractivity contribution < 1.29 is 4.74 Å². The first kappa shape index (κ1) is 13.6. The van der Waals surface area contributed by atoms with E-state index in [9.17, 15) is 5.26 Å². The molecule has 2 aliphatic carbocycles. The lowest BCUT2D eigenvalue weighted by molar-refractivity contribution is 0.0157. The lowest BCUT2D eigenvalue weighted by Crippen LogP contribution is -2.46. The molecule has 2 unspecified atom stereocenters. The van der Waals surface area contributed by atoms with E-state index in [4.69, 9.17) is 4.74 Å². The van der Waals surface area contributed by atoms with Crippen molar-refractivity contribution in [3.8, 4) is 6.07 Å². The van der Waals surface area contributed by atoms with Crippen LogP contribution < -0.4 is 5.32 Å². The fourth-order valence-electron chi connectivity index (χ4n) is 2.93. The molecular formula is C17H22N2O. The molecule has 0 bridgehead atoms. The van der Waals surface area contributed by atoms with E-state index < -0.39 is 5.54 Å². The van der Waals surface area contributed by atoms with E-state index in [1.54, 1.807) is 0 Å². The molecule has 1 saturated carbocycles. The molecule has 0 heterocycles. The second-order valence-electron chi connectivity index (χ2n) is 6.25. The van der Waals surface area contributed by atoms with Crippen LogP contribution in [-0.2, 0) is 11.2 Å². The highest BCUT2D eigenvalue weighted by molar-refractivity contribution is 5.31. The molecule has 0 radical (unpaired) electrons. The number of ether oxygens (including phenoxy) is 1. The van der Waals surface area contributed by atoms with Crippen LogP contribution in [0.4, 0.5) is 0 Å². The molecule has 0 aromatic heterocycles. The molecule has 3 rings (SSSR count). The molecule has 20 heavy (non-hydrogen) atoms. The number of nitrogens with one attached hydrogen (secondary N) is 1. The molecule has 1 aromatic carbocycles. The van der Waals surface area contributed by atoms with Gasteiger partial charge < -0.3 is 4.74 Å². The number of fused-ring (bicyclic) bond motifs is 1. The summed E-state index contributed by atoms with van der Waals surface area (Å²) < 4.78 is 6.11. The Morgan fingerprint density at radius 3 is 2.90 bits per heavy atom. The molecule has 0 amide bonds. The van der Waals surface area contributed by atoms with Gasteiger partial charge in [-0.15, -0.1) is 0 Å². The maximum Gasteiger partial charge on any atom is 0.127 e. The van der Waals surface area contributed by atoms with E-state index >= 15 is 0 Å².